The first kappa shape index (κ1) is 25.4. The smallest absolute Gasteiger partial charge is 0.242 e. The van der Waals surface area contributed by atoms with Crippen LogP contribution in [0.15, 0.2) is 0 Å². The van der Waals surface area contributed by atoms with Crippen LogP contribution in [0.1, 0.15) is 97.8 Å². The van der Waals surface area contributed by atoms with E-state index in [2.05, 4.69) is 36.7 Å². The predicted molar refractivity (Wildman–Crippen MR) is 110 cm³/mol. The Labute approximate surface area is 165 Å². The number of nitrogens with one attached hydrogen (secondary N) is 3. The molecule has 0 bridgehead atoms. The van der Waals surface area contributed by atoms with Crippen molar-refractivity contribution in [3.05, 3.63) is 0 Å². The highest BCUT2D eigenvalue weighted by Gasteiger charge is 2.21. The Balaban J connectivity index is 4.39. The molecule has 0 aromatic heterocycles. The van der Waals surface area contributed by atoms with E-state index < -0.39 is 6.04 Å². The number of carbonyl (C=O) groups is 3. The quantitative estimate of drug-likeness (QED) is 0.336. The molecule has 6 nitrogen and oxygen atoms in total. The summed E-state index contributed by atoms with van der Waals surface area (Å²) in [6, 6.07) is -0.637. The predicted octanol–water partition coefficient (Wildman–Crippen LogP) is 3.44. The van der Waals surface area contributed by atoms with E-state index in [1.807, 2.05) is 0 Å². The largest absolute Gasteiger partial charge is 0.356 e. The van der Waals surface area contributed by atoms with E-state index in [1.54, 1.807) is 0 Å². The first-order chi connectivity index (χ1) is 13.0. The molecule has 0 unspecified atom stereocenters. The Morgan fingerprint density at radius 3 is 1.89 bits per heavy atom. The summed E-state index contributed by atoms with van der Waals surface area (Å²) in [5.41, 5.74) is 0. The maximum atomic E-state index is 12.4. The second-order valence-corrected chi connectivity index (χ2v) is 7.17. The van der Waals surface area contributed by atoms with Gasteiger partial charge < -0.3 is 16.0 Å². The van der Waals surface area contributed by atoms with Crippen LogP contribution in [-0.2, 0) is 14.4 Å². The molecule has 0 aliphatic heterocycles. The van der Waals surface area contributed by atoms with Crippen LogP contribution in [0.25, 0.3) is 0 Å². The van der Waals surface area contributed by atoms with Gasteiger partial charge in [-0.3, -0.25) is 14.4 Å². The lowest BCUT2D eigenvalue weighted by molar-refractivity contribution is -0.129. The van der Waals surface area contributed by atoms with Gasteiger partial charge in [0.25, 0.3) is 0 Å². The average Bonchev–Trinajstić information content (AvgIpc) is 2.65. The molecule has 0 aromatic rings. The van der Waals surface area contributed by atoms with Crippen molar-refractivity contribution in [1.82, 2.24) is 16.0 Å². The van der Waals surface area contributed by atoms with Crippen LogP contribution in [0, 0.1) is 0 Å². The van der Waals surface area contributed by atoms with Crippen LogP contribution in [0.2, 0.25) is 0 Å². The average molecular weight is 384 g/mol. The van der Waals surface area contributed by atoms with Crippen molar-refractivity contribution in [1.29, 1.82) is 0 Å². The summed E-state index contributed by atoms with van der Waals surface area (Å²) in [6.07, 6.45) is 10.3. The molecule has 3 N–H and O–H groups in total. The lowest BCUT2D eigenvalue weighted by atomic mass is 10.1. The lowest BCUT2D eigenvalue weighted by Crippen LogP contribution is -2.47. The molecule has 158 valence electrons. The van der Waals surface area contributed by atoms with Crippen LogP contribution in [-0.4, -0.2) is 36.9 Å². The van der Waals surface area contributed by atoms with Gasteiger partial charge >= 0.3 is 0 Å². The Bertz CT molecular complexity index is 413. The molecule has 6 heteroatoms. The van der Waals surface area contributed by atoms with Crippen LogP contribution in [0.3, 0.4) is 0 Å². The van der Waals surface area contributed by atoms with Gasteiger partial charge in [-0.1, -0.05) is 59.3 Å². The fourth-order valence-corrected chi connectivity index (χ4v) is 2.70. The lowest BCUT2D eigenvalue weighted by Gasteiger charge is -2.18. The van der Waals surface area contributed by atoms with E-state index in [4.69, 9.17) is 0 Å². The van der Waals surface area contributed by atoms with E-state index in [9.17, 15) is 14.4 Å². The molecule has 0 heterocycles. The van der Waals surface area contributed by atoms with Crippen LogP contribution >= 0.6 is 0 Å². The third kappa shape index (κ3) is 15.2. The summed E-state index contributed by atoms with van der Waals surface area (Å²) in [5.74, 6) is -0.360. The van der Waals surface area contributed by atoms with E-state index >= 15 is 0 Å². The van der Waals surface area contributed by atoms with E-state index in [0.717, 1.165) is 44.9 Å². The summed E-state index contributed by atoms with van der Waals surface area (Å²) in [7, 11) is 0. The fraction of sp³-hybridized carbons (Fsp3) is 0.857. The van der Waals surface area contributed by atoms with E-state index in [-0.39, 0.29) is 24.1 Å². The molecule has 0 aromatic carbocycles. The Morgan fingerprint density at radius 2 is 1.26 bits per heavy atom. The van der Waals surface area contributed by atoms with Gasteiger partial charge in [-0.25, -0.2) is 0 Å². The van der Waals surface area contributed by atoms with Crippen LogP contribution in [0.4, 0.5) is 0 Å². The molecule has 0 spiro atoms. The van der Waals surface area contributed by atoms with Gasteiger partial charge in [0.05, 0.1) is 0 Å². The number of unbranched alkanes of at least 4 members (excludes halogenated alkanes) is 6. The van der Waals surface area contributed by atoms with E-state index in [0.29, 0.717) is 25.9 Å². The highest BCUT2D eigenvalue weighted by Crippen LogP contribution is 2.06. The summed E-state index contributed by atoms with van der Waals surface area (Å²) in [6.45, 7) is 7.55. The number of amides is 3. The second-order valence-electron chi connectivity index (χ2n) is 7.17. The minimum absolute atomic E-state index is 0.0661. The van der Waals surface area contributed by atoms with Gasteiger partial charge in [0, 0.05) is 25.9 Å². The Morgan fingerprint density at radius 1 is 0.667 bits per heavy atom. The van der Waals surface area contributed by atoms with Gasteiger partial charge in [0.2, 0.25) is 17.7 Å². The van der Waals surface area contributed by atoms with Crippen LogP contribution in [0.5, 0.6) is 0 Å². The molecule has 0 aliphatic rings. The standard InChI is InChI=1S/C21H41N3O3/c1-4-7-10-11-12-13-20(26)24-18(21(27)23-17-9-6-3)14-15-19(25)22-16-8-5-2/h18H,4-17H2,1-3H3,(H,22,25)(H,23,27)(H,24,26)/t18-/m0/s1. The zero-order valence-electron chi connectivity index (χ0n) is 17.7. The molecule has 1 atom stereocenters. The summed E-state index contributed by atoms with van der Waals surface area (Å²) < 4.78 is 0. The van der Waals surface area contributed by atoms with Gasteiger partial charge in [0.1, 0.15) is 6.04 Å². The van der Waals surface area contributed by atoms with Gasteiger partial charge in [-0.15, -0.1) is 0 Å². The molecular formula is C21H41N3O3. The fourth-order valence-electron chi connectivity index (χ4n) is 2.70. The molecule has 0 radical (unpaired) electrons. The molecule has 0 fully saturated rings. The van der Waals surface area contributed by atoms with Crippen molar-refractivity contribution in [2.75, 3.05) is 13.1 Å². The Hall–Kier alpha value is -1.59. The van der Waals surface area contributed by atoms with Crippen molar-refractivity contribution < 1.29 is 14.4 Å². The Kier molecular flexibility index (Phi) is 16.8. The van der Waals surface area contributed by atoms with E-state index in [1.165, 1.54) is 12.8 Å². The zero-order chi connectivity index (χ0) is 20.3. The second kappa shape index (κ2) is 17.8. The minimum atomic E-state index is -0.637. The van der Waals surface area contributed by atoms with Gasteiger partial charge in [-0.05, 0) is 25.7 Å². The zero-order valence-corrected chi connectivity index (χ0v) is 17.7. The highest BCUT2D eigenvalue weighted by molar-refractivity contribution is 5.88. The maximum absolute atomic E-state index is 12.4. The first-order valence-corrected chi connectivity index (χ1v) is 10.9. The maximum Gasteiger partial charge on any atom is 0.242 e. The normalized spacial score (nSPS) is 11.7. The number of carbonyl (C=O) groups excluding carboxylic acids is 3. The third-order valence-corrected chi connectivity index (χ3v) is 4.50. The van der Waals surface area contributed by atoms with Crippen molar-refractivity contribution in [3.63, 3.8) is 0 Å². The molecule has 0 aliphatic carbocycles. The van der Waals surface area contributed by atoms with Crippen molar-refractivity contribution >= 4 is 17.7 Å². The SMILES string of the molecule is CCCCCCCC(=O)N[C@@H](CCC(=O)NCCCC)C(=O)NCCCC. The monoisotopic (exact) mass is 383 g/mol. The summed E-state index contributed by atoms with van der Waals surface area (Å²) >= 11 is 0. The highest BCUT2D eigenvalue weighted by atomic mass is 16.2. The summed E-state index contributed by atoms with van der Waals surface area (Å²) in [4.78, 5) is 36.5. The third-order valence-electron chi connectivity index (χ3n) is 4.50. The molecule has 0 saturated carbocycles. The van der Waals surface area contributed by atoms with Crippen molar-refractivity contribution in [2.45, 2.75) is 104 Å². The van der Waals surface area contributed by atoms with Crippen LogP contribution < -0.4 is 16.0 Å². The molecule has 27 heavy (non-hydrogen) atoms. The number of hydrogen-bond acceptors (Lipinski definition) is 3. The minimum Gasteiger partial charge on any atom is -0.356 e. The number of rotatable bonds is 17. The number of hydrogen-bond donors (Lipinski definition) is 3. The first-order valence-electron chi connectivity index (χ1n) is 10.9. The van der Waals surface area contributed by atoms with Crippen molar-refractivity contribution in [2.24, 2.45) is 0 Å². The topological polar surface area (TPSA) is 87.3 Å². The van der Waals surface area contributed by atoms with Crippen molar-refractivity contribution in [3.8, 4) is 0 Å². The van der Waals surface area contributed by atoms with Gasteiger partial charge in [-0.2, -0.15) is 0 Å². The summed E-state index contributed by atoms with van der Waals surface area (Å²) in [5, 5.41) is 8.54. The van der Waals surface area contributed by atoms with Gasteiger partial charge in [0.15, 0.2) is 0 Å². The molecular weight excluding hydrogens is 342 g/mol. The molecule has 0 saturated heterocycles. The molecule has 0 rings (SSSR count). The molecule has 3 amide bonds.